The molecule has 2 heterocycles. The van der Waals surface area contributed by atoms with Gasteiger partial charge >= 0.3 is 5.97 Å². The van der Waals surface area contributed by atoms with Crippen molar-refractivity contribution < 1.29 is 28.1 Å². The summed E-state index contributed by atoms with van der Waals surface area (Å²) in [6, 6.07) is 14.3. The van der Waals surface area contributed by atoms with Crippen molar-refractivity contribution in [3.05, 3.63) is 117 Å². The highest BCUT2D eigenvalue weighted by molar-refractivity contribution is 9.11. The number of carbonyl (C=O) groups excluding carboxylic acids is 1. The Labute approximate surface area is 286 Å². The summed E-state index contributed by atoms with van der Waals surface area (Å²) in [7, 11) is 1.54. The Hall–Kier alpha value is -3.74. The molecular formula is C34H31Br2FN2O6S. The summed E-state index contributed by atoms with van der Waals surface area (Å²) in [5, 5.41) is 0. The third kappa shape index (κ3) is 7.13. The van der Waals surface area contributed by atoms with Crippen LogP contribution in [-0.2, 0) is 16.1 Å². The van der Waals surface area contributed by atoms with Crippen LogP contribution in [0.1, 0.15) is 50.4 Å². The third-order valence-electron chi connectivity index (χ3n) is 7.00. The number of thiazole rings is 1. The van der Waals surface area contributed by atoms with Gasteiger partial charge in [-0.15, -0.1) is 0 Å². The van der Waals surface area contributed by atoms with Crippen molar-refractivity contribution in [3.8, 4) is 17.2 Å². The van der Waals surface area contributed by atoms with Crippen molar-refractivity contribution in [2.45, 2.75) is 46.4 Å². The lowest BCUT2D eigenvalue weighted by atomic mass is 9.95. The minimum Gasteiger partial charge on any atom is -0.493 e. The van der Waals surface area contributed by atoms with E-state index in [0.717, 1.165) is 10.0 Å². The standard InChI is InChI=1S/C34H31Br2FN2O6S/c1-6-43-33(41)29-19(4)38-34-39(30(29)21-9-12-26(45-18(2)3)27(14-21)42-5)32(40)28(46-34)15-22-13-23(35)16-25(36)31(22)44-17-20-7-10-24(37)11-8-20/h7-16,18,30H,6,17H2,1-5H3/b28-15+/t30-/m1/s1. The van der Waals surface area contributed by atoms with Gasteiger partial charge in [0.2, 0.25) is 0 Å². The summed E-state index contributed by atoms with van der Waals surface area (Å²) >= 11 is 8.32. The fraction of sp³-hybridized carbons (Fsp3) is 0.265. The van der Waals surface area contributed by atoms with Crippen LogP contribution in [0.15, 0.2) is 84.6 Å². The molecule has 0 unspecified atom stereocenters. The number of hydrogen-bond donors (Lipinski definition) is 0. The predicted octanol–water partition coefficient (Wildman–Crippen LogP) is 6.84. The molecule has 8 nitrogen and oxygen atoms in total. The molecule has 4 aromatic rings. The van der Waals surface area contributed by atoms with Crippen LogP contribution in [0.5, 0.6) is 17.2 Å². The van der Waals surface area contributed by atoms with Crippen molar-refractivity contribution in [2.24, 2.45) is 4.99 Å². The molecule has 1 aliphatic rings. The molecular weight excluding hydrogens is 743 g/mol. The predicted molar refractivity (Wildman–Crippen MR) is 182 cm³/mol. The van der Waals surface area contributed by atoms with E-state index in [-0.39, 0.29) is 36.3 Å². The van der Waals surface area contributed by atoms with Crippen LogP contribution in [0, 0.1) is 5.82 Å². The minimum absolute atomic E-state index is 0.0859. The Morgan fingerprint density at radius 2 is 1.85 bits per heavy atom. The number of carbonyl (C=O) groups is 1. The lowest BCUT2D eigenvalue weighted by Gasteiger charge is -2.25. The van der Waals surface area contributed by atoms with Gasteiger partial charge in [-0.05, 0) is 97.2 Å². The number of allylic oxidation sites excluding steroid dienone is 1. The third-order valence-corrected chi connectivity index (χ3v) is 9.03. The fourth-order valence-electron chi connectivity index (χ4n) is 5.03. The summed E-state index contributed by atoms with van der Waals surface area (Å²) in [5.41, 5.74) is 2.41. The fourth-order valence-corrected chi connectivity index (χ4v) is 7.44. The first kappa shape index (κ1) is 33.6. The number of benzene rings is 3. The molecule has 1 atom stereocenters. The Morgan fingerprint density at radius 3 is 2.52 bits per heavy atom. The maximum atomic E-state index is 14.2. The molecule has 0 amide bonds. The van der Waals surface area contributed by atoms with Crippen LogP contribution in [0.3, 0.4) is 0 Å². The number of aromatic nitrogens is 1. The van der Waals surface area contributed by atoms with Gasteiger partial charge in [0.05, 0.1) is 46.1 Å². The molecule has 1 aliphatic heterocycles. The van der Waals surface area contributed by atoms with Gasteiger partial charge in [0.1, 0.15) is 18.2 Å². The number of esters is 1. The van der Waals surface area contributed by atoms with Gasteiger partial charge < -0.3 is 18.9 Å². The van der Waals surface area contributed by atoms with Gasteiger partial charge in [-0.1, -0.05) is 45.5 Å². The van der Waals surface area contributed by atoms with Crippen molar-refractivity contribution in [2.75, 3.05) is 13.7 Å². The highest BCUT2D eigenvalue weighted by Gasteiger charge is 2.34. The molecule has 0 fully saturated rings. The smallest absolute Gasteiger partial charge is 0.338 e. The van der Waals surface area contributed by atoms with E-state index in [1.165, 1.54) is 35.1 Å². The number of ether oxygens (including phenoxy) is 4. The molecule has 0 N–H and O–H groups in total. The number of hydrogen-bond acceptors (Lipinski definition) is 8. The van der Waals surface area contributed by atoms with Crippen LogP contribution in [0.4, 0.5) is 4.39 Å². The molecule has 1 aromatic heterocycles. The van der Waals surface area contributed by atoms with Crippen LogP contribution < -0.4 is 29.1 Å². The zero-order chi connectivity index (χ0) is 33.1. The van der Waals surface area contributed by atoms with Crippen LogP contribution >= 0.6 is 43.2 Å². The highest BCUT2D eigenvalue weighted by atomic mass is 79.9. The summed E-state index contributed by atoms with van der Waals surface area (Å²) in [4.78, 5) is 32.7. The van der Waals surface area contributed by atoms with Gasteiger partial charge in [-0.25, -0.2) is 14.2 Å². The van der Waals surface area contributed by atoms with Gasteiger partial charge in [0, 0.05) is 10.0 Å². The highest BCUT2D eigenvalue weighted by Crippen LogP contribution is 2.37. The maximum Gasteiger partial charge on any atom is 0.338 e. The van der Waals surface area contributed by atoms with Crippen molar-refractivity contribution in [1.82, 2.24) is 4.57 Å². The summed E-state index contributed by atoms with van der Waals surface area (Å²) < 4.78 is 39.9. The number of nitrogens with zero attached hydrogens (tertiary/aromatic N) is 2. The monoisotopic (exact) mass is 772 g/mol. The lowest BCUT2D eigenvalue weighted by molar-refractivity contribution is -0.139. The van der Waals surface area contributed by atoms with Gasteiger partial charge in [0.25, 0.3) is 5.56 Å². The summed E-state index contributed by atoms with van der Waals surface area (Å²) in [5.74, 6) is 0.622. The van der Waals surface area contributed by atoms with Crippen molar-refractivity contribution >= 4 is 55.2 Å². The van der Waals surface area contributed by atoms with E-state index in [1.54, 1.807) is 44.2 Å². The van der Waals surface area contributed by atoms with E-state index in [0.29, 0.717) is 47.9 Å². The van der Waals surface area contributed by atoms with Gasteiger partial charge in [-0.2, -0.15) is 0 Å². The lowest BCUT2D eigenvalue weighted by Crippen LogP contribution is -2.40. The molecule has 0 saturated carbocycles. The molecule has 5 rings (SSSR count). The average Bonchev–Trinajstić information content (AvgIpc) is 3.30. The molecule has 240 valence electrons. The number of fused-ring (bicyclic) bond motifs is 1. The second kappa shape index (κ2) is 14.4. The molecule has 0 bridgehead atoms. The van der Waals surface area contributed by atoms with E-state index in [4.69, 9.17) is 18.9 Å². The first-order valence-corrected chi connectivity index (χ1v) is 16.8. The Bertz CT molecular complexity index is 2000. The van der Waals surface area contributed by atoms with Crippen LogP contribution in [0.25, 0.3) is 6.08 Å². The maximum absolute atomic E-state index is 14.2. The Kier molecular flexibility index (Phi) is 10.5. The van der Waals surface area contributed by atoms with Gasteiger partial charge in [-0.3, -0.25) is 9.36 Å². The van der Waals surface area contributed by atoms with Crippen LogP contribution in [0.2, 0.25) is 0 Å². The average molecular weight is 775 g/mol. The van der Waals surface area contributed by atoms with E-state index in [9.17, 15) is 14.0 Å². The first-order chi connectivity index (χ1) is 22.0. The normalized spacial score (nSPS) is 14.6. The van der Waals surface area contributed by atoms with Gasteiger partial charge in [0.15, 0.2) is 16.3 Å². The topological polar surface area (TPSA) is 88.4 Å². The SMILES string of the molecule is CCOC(=O)C1=C(C)N=c2s/c(=C/c3cc(Br)cc(Br)c3OCc3ccc(F)cc3)c(=O)n2[C@@H]1c1ccc(OC(C)C)c(OC)c1. The first-order valence-electron chi connectivity index (χ1n) is 14.4. The zero-order valence-electron chi connectivity index (χ0n) is 25.7. The quantitative estimate of drug-likeness (QED) is 0.164. The van der Waals surface area contributed by atoms with E-state index < -0.39 is 12.0 Å². The van der Waals surface area contributed by atoms with Crippen LogP contribution in [-0.4, -0.2) is 30.4 Å². The molecule has 0 saturated heterocycles. The molecule has 0 spiro atoms. The Morgan fingerprint density at radius 1 is 1.11 bits per heavy atom. The van der Waals surface area contributed by atoms with E-state index in [2.05, 4.69) is 36.9 Å². The largest absolute Gasteiger partial charge is 0.493 e. The van der Waals surface area contributed by atoms with Crippen molar-refractivity contribution in [3.63, 3.8) is 0 Å². The van der Waals surface area contributed by atoms with Crippen molar-refractivity contribution in [1.29, 1.82) is 0 Å². The minimum atomic E-state index is -0.831. The van der Waals surface area contributed by atoms with E-state index >= 15 is 0 Å². The number of methoxy groups -OCH3 is 1. The molecule has 3 aromatic carbocycles. The zero-order valence-corrected chi connectivity index (χ0v) is 29.7. The molecule has 0 radical (unpaired) electrons. The molecule has 0 aliphatic carbocycles. The number of halogens is 3. The summed E-state index contributed by atoms with van der Waals surface area (Å²) in [6.07, 6.45) is 1.65. The molecule has 12 heteroatoms. The summed E-state index contributed by atoms with van der Waals surface area (Å²) in [6.45, 7) is 7.64. The number of rotatable bonds is 10. The van der Waals surface area contributed by atoms with E-state index in [1.807, 2.05) is 32.0 Å². The molecule has 46 heavy (non-hydrogen) atoms. The second-order valence-corrected chi connectivity index (χ2v) is 13.4. The Balaban J connectivity index is 1.66. The second-order valence-electron chi connectivity index (χ2n) is 10.6.